The van der Waals surface area contributed by atoms with Gasteiger partial charge in [-0.1, -0.05) is 24.6 Å². The normalized spacial score (nSPS) is 15.7. The summed E-state index contributed by atoms with van der Waals surface area (Å²) in [6.45, 7) is 1.60. The fourth-order valence-electron chi connectivity index (χ4n) is 3.07. The fourth-order valence-corrected chi connectivity index (χ4v) is 3.92. The van der Waals surface area contributed by atoms with Gasteiger partial charge in [0.25, 0.3) is 0 Å². The molecule has 8 nitrogen and oxygen atoms in total. The number of tetrazole rings is 1. The van der Waals surface area contributed by atoms with Crippen molar-refractivity contribution in [2.75, 3.05) is 19.5 Å². The zero-order chi connectivity index (χ0) is 19.2. The Balaban J connectivity index is 1.52. The Labute approximate surface area is 162 Å². The Kier molecular flexibility index (Phi) is 6.68. The monoisotopic (exact) mass is 392 g/mol. The maximum atomic E-state index is 11.5. The molecule has 2 aromatic rings. The van der Waals surface area contributed by atoms with Gasteiger partial charge in [-0.2, -0.15) is 0 Å². The van der Waals surface area contributed by atoms with E-state index in [0.29, 0.717) is 28.9 Å². The molecule has 3 rings (SSSR count). The van der Waals surface area contributed by atoms with E-state index in [-0.39, 0.29) is 12.4 Å². The van der Waals surface area contributed by atoms with Crippen LogP contribution in [0.2, 0.25) is 0 Å². The average molecular weight is 392 g/mol. The first-order valence-electron chi connectivity index (χ1n) is 8.99. The van der Waals surface area contributed by atoms with Gasteiger partial charge in [0, 0.05) is 11.3 Å². The van der Waals surface area contributed by atoms with Crippen LogP contribution in [0.4, 0.5) is 0 Å². The zero-order valence-corrected chi connectivity index (χ0v) is 16.3. The van der Waals surface area contributed by atoms with E-state index in [2.05, 4.69) is 15.5 Å². The Hall–Kier alpha value is -2.13. The minimum Gasteiger partial charge on any atom is -0.493 e. The lowest BCUT2D eigenvalue weighted by Crippen LogP contribution is -2.21. The topological polar surface area (TPSA) is 99.4 Å². The number of methoxy groups -OCH3 is 1. The van der Waals surface area contributed by atoms with E-state index in [1.807, 2.05) is 4.68 Å². The number of Topliss-reactive ketones (excluding diaryl/α,β-unsaturated/α-hetero) is 1. The number of aromatic nitrogens is 4. The number of hydrogen-bond acceptors (Lipinski definition) is 8. The van der Waals surface area contributed by atoms with Gasteiger partial charge in [-0.25, -0.2) is 4.68 Å². The van der Waals surface area contributed by atoms with E-state index in [1.54, 1.807) is 18.2 Å². The largest absolute Gasteiger partial charge is 0.493 e. The van der Waals surface area contributed by atoms with Gasteiger partial charge in [-0.3, -0.25) is 4.79 Å². The molecule has 0 aliphatic heterocycles. The van der Waals surface area contributed by atoms with Crippen molar-refractivity contribution in [2.24, 2.45) is 0 Å². The molecule has 1 N–H and O–H groups in total. The number of ether oxygens (including phenoxy) is 2. The molecule has 0 amide bonds. The number of thioether (sulfide) groups is 1. The minimum absolute atomic E-state index is 0.0451. The third kappa shape index (κ3) is 4.98. The maximum absolute atomic E-state index is 11.5. The van der Waals surface area contributed by atoms with Crippen molar-refractivity contribution in [3.63, 3.8) is 0 Å². The highest BCUT2D eigenvalue weighted by Crippen LogP contribution is 2.32. The lowest BCUT2D eigenvalue weighted by molar-refractivity contribution is 0.101. The second kappa shape index (κ2) is 9.18. The van der Waals surface area contributed by atoms with Gasteiger partial charge in [0.2, 0.25) is 5.16 Å². The summed E-state index contributed by atoms with van der Waals surface area (Å²) >= 11 is 1.42. The summed E-state index contributed by atoms with van der Waals surface area (Å²) in [4.78, 5) is 11.5. The summed E-state index contributed by atoms with van der Waals surface area (Å²) < 4.78 is 12.8. The standard InChI is InChI=1S/C18H24N4O4S/c1-12(23)13-7-8-16(17(9-13)25-2)26-10-15(24)11-27-18-19-20-21-22(18)14-5-3-4-6-14/h7-9,14-15,24H,3-6,10-11H2,1-2H3. The summed E-state index contributed by atoms with van der Waals surface area (Å²) in [5, 5.41) is 22.9. The van der Waals surface area contributed by atoms with Crippen LogP contribution in [0.15, 0.2) is 23.4 Å². The SMILES string of the molecule is COc1cc(C(C)=O)ccc1OCC(O)CSc1nnnn1C1CCCC1. The average Bonchev–Trinajstić information content (AvgIpc) is 3.35. The highest BCUT2D eigenvalue weighted by molar-refractivity contribution is 7.99. The molecule has 9 heteroatoms. The third-order valence-corrected chi connectivity index (χ3v) is 5.62. The van der Waals surface area contributed by atoms with Crippen LogP contribution in [0.5, 0.6) is 11.5 Å². The van der Waals surface area contributed by atoms with Crippen LogP contribution in [0, 0.1) is 0 Å². The van der Waals surface area contributed by atoms with E-state index in [0.717, 1.165) is 18.0 Å². The molecule has 146 valence electrons. The number of nitrogens with zero attached hydrogens (tertiary/aromatic N) is 4. The van der Waals surface area contributed by atoms with Gasteiger partial charge in [0.1, 0.15) is 6.61 Å². The number of ketones is 1. The molecule has 1 aromatic carbocycles. The van der Waals surface area contributed by atoms with E-state index in [9.17, 15) is 9.90 Å². The van der Waals surface area contributed by atoms with Gasteiger partial charge in [-0.15, -0.1) is 5.10 Å². The fraction of sp³-hybridized carbons (Fsp3) is 0.556. The van der Waals surface area contributed by atoms with Crippen molar-refractivity contribution in [2.45, 2.75) is 49.9 Å². The Morgan fingerprint density at radius 2 is 2.15 bits per heavy atom. The number of carbonyl (C=O) groups is 1. The Morgan fingerprint density at radius 1 is 1.37 bits per heavy atom. The molecule has 27 heavy (non-hydrogen) atoms. The van der Waals surface area contributed by atoms with Crippen LogP contribution in [-0.2, 0) is 0 Å². The minimum atomic E-state index is -0.694. The maximum Gasteiger partial charge on any atom is 0.209 e. The van der Waals surface area contributed by atoms with Gasteiger partial charge >= 0.3 is 0 Å². The van der Waals surface area contributed by atoms with Gasteiger partial charge in [0.05, 0.1) is 19.3 Å². The Bertz CT molecular complexity index is 776. The third-order valence-electron chi connectivity index (χ3n) is 4.54. The van der Waals surface area contributed by atoms with Gasteiger partial charge in [-0.05, 0) is 48.4 Å². The molecule has 0 radical (unpaired) electrons. The predicted molar refractivity (Wildman–Crippen MR) is 101 cm³/mol. The van der Waals surface area contributed by atoms with Crippen molar-refractivity contribution >= 4 is 17.5 Å². The first-order valence-corrected chi connectivity index (χ1v) is 9.97. The number of carbonyl (C=O) groups excluding carboxylic acids is 1. The van der Waals surface area contributed by atoms with Crippen LogP contribution >= 0.6 is 11.8 Å². The number of aliphatic hydroxyl groups is 1. The molecule has 1 fully saturated rings. The van der Waals surface area contributed by atoms with Crippen molar-refractivity contribution in [3.8, 4) is 11.5 Å². The molecule has 1 unspecified atom stereocenters. The predicted octanol–water partition coefficient (Wildman–Crippen LogP) is 2.53. The van der Waals surface area contributed by atoms with Crippen LogP contribution in [0.25, 0.3) is 0 Å². The summed E-state index contributed by atoms with van der Waals surface area (Å²) in [7, 11) is 1.52. The van der Waals surface area contributed by atoms with Crippen molar-refractivity contribution in [1.82, 2.24) is 20.2 Å². The van der Waals surface area contributed by atoms with Crippen LogP contribution in [0.1, 0.15) is 49.0 Å². The number of benzene rings is 1. The quantitative estimate of drug-likeness (QED) is 0.513. The summed E-state index contributed by atoms with van der Waals surface area (Å²) in [5.41, 5.74) is 0.550. The first-order chi connectivity index (χ1) is 13.1. The molecule has 1 heterocycles. The van der Waals surface area contributed by atoms with Gasteiger partial charge in [0.15, 0.2) is 17.3 Å². The molecule has 0 spiro atoms. The molecular formula is C18H24N4O4S. The number of hydrogen-bond donors (Lipinski definition) is 1. The van der Waals surface area contributed by atoms with Crippen molar-refractivity contribution in [1.29, 1.82) is 0 Å². The second-order valence-corrected chi connectivity index (χ2v) is 7.53. The number of rotatable bonds is 9. The van der Waals surface area contributed by atoms with E-state index >= 15 is 0 Å². The lowest BCUT2D eigenvalue weighted by atomic mass is 10.1. The summed E-state index contributed by atoms with van der Waals surface area (Å²) in [6.07, 6.45) is 3.91. The second-order valence-electron chi connectivity index (χ2n) is 6.54. The van der Waals surface area contributed by atoms with E-state index in [4.69, 9.17) is 9.47 Å². The molecule has 1 atom stereocenters. The zero-order valence-electron chi connectivity index (χ0n) is 15.5. The molecule has 0 bridgehead atoms. The highest BCUT2D eigenvalue weighted by atomic mass is 32.2. The van der Waals surface area contributed by atoms with E-state index < -0.39 is 6.10 Å². The molecule has 1 aliphatic rings. The first kappa shape index (κ1) is 19.6. The summed E-state index contributed by atoms with van der Waals surface area (Å²) in [6, 6.07) is 5.35. The van der Waals surface area contributed by atoms with Crippen molar-refractivity contribution in [3.05, 3.63) is 23.8 Å². The Morgan fingerprint density at radius 3 is 2.85 bits per heavy atom. The smallest absolute Gasteiger partial charge is 0.209 e. The van der Waals surface area contributed by atoms with Gasteiger partial charge < -0.3 is 14.6 Å². The summed E-state index contributed by atoms with van der Waals surface area (Å²) in [5.74, 6) is 1.33. The number of aliphatic hydroxyl groups excluding tert-OH is 1. The molecule has 1 saturated carbocycles. The van der Waals surface area contributed by atoms with Crippen LogP contribution in [0.3, 0.4) is 0 Å². The lowest BCUT2D eigenvalue weighted by Gasteiger charge is -2.15. The molecular weight excluding hydrogens is 368 g/mol. The van der Waals surface area contributed by atoms with E-state index in [1.165, 1.54) is 38.6 Å². The molecule has 0 saturated heterocycles. The van der Waals surface area contributed by atoms with Crippen molar-refractivity contribution < 1.29 is 19.4 Å². The molecule has 1 aromatic heterocycles. The highest BCUT2D eigenvalue weighted by Gasteiger charge is 2.22. The molecule has 1 aliphatic carbocycles. The van der Waals surface area contributed by atoms with Crippen LogP contribution < -0.4 is 9.47 Å². The van der Waals surface area contributed by atoms with Crippen LogP contribution in [-0.4, -0.2) is 56.7 Å².